The fourth-order valence-corrected chi connectivity index (χ4v) is 3.85. The molecule has 0 radical (unpaired) electrons. The zero-order chi connectivity index (χ0) is 22.7. The highest BCUT2D eigenvalue weighted by Crippen LogP contribution is 2.29. The minimum Gasteiger partial charge on any atom is -0.353 e. The summed E-state index contributed by atoms with van der Waals surface area (Å²) in [5.41, 5.74) is -0.258. The van der Waals surface area contributed by atoms with E-state index in [0.717, 1.165) is 23.3 Å². The van der Waals surface area contributed by atoms with Crippen LogP contribution >= 0.6 is 0 Å². The molecule has 32 heavy (non-hydrogen) atoms. The zero-order valence-corrected chi connectivity index (χ0v) is 17.2. The predicted molar refractivity (Wildman–Crippen MR) is 113 cm³/mol. The summed E-state index contributed by atoms with van der Waals surface area (Å²) in [6.07, 6.45) is -2.05. The SMILES string of the molecule is O=C(CCCc1n[nH]c(=O)c2ccccc12)N1CCN(c2ccc(C(F)(F)F)cn2)CC1. The number of H-pyrrole nitrogens is 1. The van der Waals surface area contributed by atoms with E-state index >= 15 is 0 Å². The van der Waals surface area contributed by atoms with Gasteiger partial charge in [0, 0.05) is 44.2 Å². The standard InChI is InChI=1S/C22H22F3N5O2/c23-22(24,25)15-8-9-19(26-14-15)29-10-12-30(13-11-29)20(31)7-3-6-18-16-4-1-2-5-17(16)21(32)28-27-18/h1-2,4-5,8-9,14H,3,6-7,10-13H2,(H,28,32). The van der Waals surface area contributed by atoms with Crippen molar-refractivity contribution in [2.75, 3.05) is 31.1 Å². The van der Waals surface area contributed by atoms with Crippen LogP contribution in [0, 0.1) is 0 Å². The molecule has 0 saturated carbocycles. The Morgan fingerprint density at radius 2 is 1.75 bits per heavy atom. The molecular formula is C22H22F3N5O2. The Balaban J connectivity index is 1.28. The van der Waals surface area contributed by atoms with Gasteiger partial charge < -0.3 is 9.80 Å². The maximum absolute atomic E-state index is 12.7. The van der Waals surface area contributed by atoms with Crippen molar-refractivity contribution >= 4 is 22.5 Å². The van der Waals surface area contributed by atoms with Gasteiger partial charge in [0.05, 0.1) is 16.6 Å². The molecule has 0 bridgehead atoms. The van der Waals surface area contributed by atoms with E-state index in [9.17, 15) is 22.8 Å². The number of aromatic amines is 1. The molecule has 168 valence electrons. The van der Waals surface area contributed by atoms with Crippen LogP contribution in [0.1, 0.15) is 24.1 Å². The van der Waals surface area contributed by atoms with Crippen LogP contribution in [-0.4, -0.2) is 52.2 Å². The van der Waals surface area contributed by atoms with E-state index < -0.39 is 11.7 Å². The van der Waals surface area contributed by atoms with Crippen molar-refractivity contribution in [3.05, 3.63) is 64.2 Å². The van der Waals surface area contributed by atoms with Gasteiger partial charge in [-0.15, -0.1) is 0 Å². The highest BCUT2D eigenvalue weighted by Gasteiger charge is 2.31. The Kier molecular flexibility index (Phi) is 6.11. The number of amides is 1. The summed E-state index contributed by atoms with van der Waals surface area (Å²) in [6.45, 7) is 2.00. The molecule has 10 heteroatoms. The molecule has 1 N–H and O–H groups in total. The largest absolute Gasteiger partial charge is 0.417 e. The lowest BCUT2D eigenvalue weighted by Gasteiger charge is -2.35. The lowest BCUT2D eigenvalue weighted by atomic mass is 10.1. The van der Waals surface area contributed by atoms with Crippen LogP contribution < -0.4 is 10.5 Å². The lowest BCUT2D eigenvalue weighted by Crippen LogP contribution is -2.49. The number of nitrogens with zero attached hydrogens (tertiary/aromatic N) is 4. The van der Waals surface area contributed by atoms with Crippen molar-refractivity contribution in [2.45, 2.75) is 25.4 Å². The van der Waals surface area contributed by atoms with Gasteiger partial charge in [-0.1, -0.05) is 18.2 Å². The Bertz CT molecular complexity index is 1150. The molecule has 0 spiro atoms. The Labute approximate surface area is 181 Å². The number of fused-ring (bicyclic) bond motifs is 1. The van der Waals surface area contributed by atoms with E-state index in [1.54, 1.807) is 17.0 Å². The van der Waals surface area contributed by atoms with Gasteiger partial charge >= 0.3 is 6.18 Å². The molecule has 1 fully saturated rings. The fourth-order valence-electron chi connectivity index (χ4n) is 3.85. The normalized spacial score (nSPS) is 14.7. The first-order chi connectivity index (χ1) is 15.3. The zero-order valence-electron chi connectivity index (χ0n) is 17.2. The van der Waals surface area contributed by atoms with E-state index in [1.807, 2.05) is 17.0 Å². The average molecular weight is 445 g/mol. The summed E-state index contributed by atoms with van der Waals surface area (Å²) in [5.74, 6) is 0.500. The number of carbonyl (C=O) groups is 1. The quantitative estimate of drug-likeness (QED) is 0.653. The molecule has 3 heterocycles. The summed E-state index contributed by atoms with van der Waals surface area (Å²) < 4.78 is 38.1. The number of hydrogen-bond donors (Lipinski definition) is 1. The Morgan fingerprint density at radius 1 is 1.03 bits per heavy atom. The number of pyridine rings is 1. The number of anilines is 1. The van der Waals surface area contributed by atoms with Crippen molar-refractivity contribution in [1.82, 2.24) is 20.1 Å². The van der Waals surface area contributed by atoms with Gasteiger partial charge in [-0.3, -0.25) is 9.59 Å². The first-order valence-electron chi connectivity index (χ1n) is 10.4. The van der Waals surface area contributed by atoms with Gasteiger partial charge in [0.15, 0.2) is 0 Å². The van der Waals surface area contributed by atoms with Gasteiger partial charge in [0.25, 0.3) is 5.56 Å². The molecule has 0 unspecified atom stereocenters. The number of piperazine rings is 1. The molecule has 3 aromatic rings. The van der Waals surface area contributed by atoms with Crippen molar-refractivity contribution < 1.29 is 18.0 Å². The topological polar surface area (TPSA) is 82.2 Å². The maximum atomic E-state index is 12.7. The van der Waals surface area contributed by atoms with Gasteiger partial charge in [-0.05, 0) is 31.0 Å². The summed E-state index contributed by atoms with van der Waals surface area (Å²) in [5, 5.41) is 8.01. The number of alkyl halides is 3. The van der Waals surface area contributed by atoms with Crippen LogP contribution in [0.15, 0.2) is 47.4 Å². The molecule has 1 aliphatic rings. The van der Waals surface area contributed by atoms with E-state index in [1.165, 1.54) is 6.07 Å². The molecule has 2 aromatic heterocycles. The molecule has 0 aliphatic carbocycles. The molecule has 1 aromatic carbocycles. The average Bonchev–Trinajstić information content (AvgIpc) is 2.80. The number of benzene rings is 1. The highest BCUT2D eigenvalue weighted by atomic mass is 19.4. The Morgan fingerprint density at radius 3 is 2.41 bits per heavy atom. The lowest BCUT2D eigenvalue weighted by molar-refractivity contribution is -0.137. The van der Waals surface area contributed by atoms with Crippen molar-refractivity contribution in [3.8, 4) is 0 Å². The summed E-state index contributed by atoms with van der Waals surface area (Å²) in [4.78, 5) is 32.0. The highest BCUT2D eigenvalue weighted by molar-refractivity contribution is 5.83. The van der Waals surface area contributed by atoms with Crippen LogP contribution in [0.25, 0.3) is 10.8 Å². The van der Waals surface area contributed by atoms with Crippen LogP contribution in [0.5, 0.6) is 0 Å². The smallest absolute Gasteiger partial charge is 0.353 e. The summed E-state index contributed by atoms with van der Waals surface area (Å²) in [6, 6.07) is 9.63. The Hall–Kier alpha value is -3.43. The second-order valence-corrected chi connectivity index (χ2v) is 7.67. The molecule has 1 amide bonds. The van der Waals surface area contributed by atoms with E-state index in [2.05, 4.69) is 15.2 Å². The third-order valence-electron chi connectivity index (χ3n) is 5.61. The van der Waals surface area contributed by atoms with Gasteiger partial charge in [0.2, 0.25) is 5.91 Å². The van der Waals surface area contributed by atoms with Gasteiger partial charge in [-0.2, -0.15) is 18.3 Å². The molecule has 4 rings (SSSR count). The number of nitrogens with one attached hydrogen (secondary N) is 1. The number of carbonyl (C=O) groups excluding carboxylic acids is 1. The predicted octanol–water partition coefficient (Wildman–Crippen LogP) is 3.01. The van der Waals surface area contributed by atoms with Crippen molar-refractivity contribution in [2.24, 2.45) is 0 Å². The monoisotopic (exact) mass is 445 g/mol. The number of aromatic nitrogens is 3. The second-order valence-electron chi connectivity index (χ2n) is 7.67. The number of aryl methyl sites for hydroxylation is 1. The second kappa shape index (κ2) is 8.97. The van der Waals surface area contributed by atoms with Crippen LogP contribution in [0.2, 0.25) is 0 Å². The molecule has 0 atom stereocenters. The van der Waals surface area contributed by atoms with E-state index in [4.69, 9.17) is 0 Å². The van der Waals surface area contributed by atoms with E-state index in [-0.39, 0.29) is 11.5 Å². The first-order valence-corrected chi connectivity index (χ1v) is 10.4. The number of rotatable bonds is 5. The maximum Gasteiger partial charge on any atom is 0.417 e. The number of hydrogen-bond acceptors (Lipinski definition) is 5. The van der Waals surface area contributed by atoms with Gasteiger partial charge in [0.1, 0.15) is 5.82 Å². The minimum atomic E-state index is -4.41. The van der Waals surface area contributed by atoms with Crippen LogP contribution in [0.3, 0.4) is 0 Å². The minimum absolute atomic E-state index is 0.0266. The first kappa shape index (κ1) is 21.8. The number of halogens is 3. The molecule has 7 nitrogen and oxygen atoms in total. The molecule has 1 aliphatic heterocycles. The third-order valence-corrected chi connectivity index (χ3v) is 5.61. The molecule has 1 saturated heterocycles. The van der Waals surface area contributed by atoms with Crippen LogP contribution in [0.4, 0.5) is 19.0 Å². The third kappa shape index (κ3) is 4.74. The van der Waals surface area contributed by atoms with E-state index in [0.29, 0.717) is 56.6 Å². The summed E-state index contributed by atoms with van der Waals surface area (Å²) in [7, 11) is 0. The van der Waals surface area contributed by atoms with Crippen molar-refractivity contribution in [1.29, 1.82) is 0 Å². The van der Waals surface area contributed by atoms with Crippen molar-refractivity contribution in [3.63, 3.8) is 0 Å². The summed E-state index contributed by atoms with van der Waals surface area (Å²) >= 11 is 0. The molecular weight excluding hydrogens is 423 g/mol. The van der Waals surface area contributed by atoms with Gasteiger partial charge in [-0.25, -0.2) is 10.1 Å². The fraction of sp³-hybridized carbons (Fsp3) is 0.364. The van der Waals surface area contributed by atoms with Crippen LogP contribution in [-0.2, 0) is 17.4 Å².